The number of benzene rings is 2. The summed E-state index contributed by atoms with van der Waals surface area (Å²) in [6.07, 6.45) is 0. The molecule has 0 aliphatic heterocycles. The lowest BCUT2D eigenvalue weighted by molar-refractivity contribution is -0.384. The molecule has 2 aromatic carbocycles. The third kappa shape index (κ3) is 3.77. The van der Waals surface area contributed by atoms with E-state index in [2.05, 4.69) is 10.6 Å². The third-order valence-electron chi connectivity index (χ3n) is 3.50. The predicted octanol–water partition coefficient (Wildman–Crippen LogP) is 4.43. The Morgan fingerprint density at radius 2 is 1.96 bits per heavy atom. The molecule has 8 heteroatoms. The molecule has 0 radical (unpaired) electrons. The Kier molecular flexibility index (Phi) is 5.64. The number of nitro benzene ring substituents is 1. The summed E-state index contributed by atoms with van der Waals surface area (Å²) in [5.41, 5.74) is 1.02. The van der Waals surface area contributed by atoms with E-state index >= 15 is 0 Å². The fourth-order valence-electron chi connectivity index (χ4n) is 2.26. The van der Waals surface area contributed by atoms with Gasteiger partial charge in [0.1, 0.15) is 5.69 Å². The highest BCUT2D eigenvalue weighted by molar-refractivity contribution is 6.42. The summed E-state index contributed by atoms with van der Waals surface area (Å²) in [6.45, 7) is 1.81. The molecule has 0 fully saturated rings. The molecule has 0 aromatic heterocycles. The predicted molar refractivity (Wildman–Crippen MR) is 95.0 cm³/mol. The van der Waals surface area contributed by atoms with Crippen LogP contribution in [0.5, 0.6) is 0 Å². The number of hydrogen-bond donors (Lipinski definition) is 2. The van der Waals surface area contributed by atoms with E-state index in [1.54, 1.807) is 18.2 Å². The highest BCUT2D eigenvalue weighted by Gasteiger charge is 2.20. The topological polar surface area (TPSA) is 84.3 Å². The van der Waals surface area contributed by atoms with Crippen molar-refractivity contribution in [1.29, 1.82) is 0 Å². The van der Waals surface area contributed by atoms with Gasteiger partial charge in [-0.05, 0) is 30.7 Å². The first-order valence-corrected chi connectivity index (χ1v) is 7.81. The summed E-state index contributed by atoms with van der Waals surface area (Å²) in [4.78, 5) is 22.4. The SMILES string of the molecule is CNC(=O)c1ccc(NC(C)c2cccc(Cl)c2Cl)c([N+](=O)[O-])c1. The van der Waals surface area contributed by atoms with Crippen molar-refractivity contribution in [2.75, 3.05) is 12.4 Å². The number of nitro groups is 1. The maximum atomic E-state index is 11.6. The molecule has 0 aliphatic carbocycles. The van der Waals surface area contributed by atoms with Gasteiger partial charge in [-0.2, -0.15) is 0 Å². The number of carbonyl (C=O) groups is 1. The first-order valence-electron chi connectivity index (χ1n) is 7.06. The summed E-state index contributed by atoms with van der Waals surface area (Å²) in [7, 11) is 1.46. The van der Waals surface area contributed by atoms with Crippen LogP contribution in [0.2, 0.25) is 10.0 Å². The molecular formula is C16H15Cl2N3O3. The fraction of sp³-hybridized carbons (Fsp3) is 0.188. The molecule has 0 aliphatic rings. The maximum Gasteiger partial charge on any atom is 0.293 e. The van der Waals surface area contributed by atoms with Crippen molar-refractivity contribution in [2.24, 2.45) is 0 Å². The number of nitrogens with one attached hydrogen (secondary N) is 2. The molecule has 0 heterocycles. The van der Waals surface area contributed by atoms with Crippen molar-refractivity contribution < 1.29 is 9.72 Å². The quantitative estimate of drug-likeness (QED) is 0.604. The summed E-state index contributed by atoms with van der Waals surface area (Å²) in [5, 5.41) is 17.6. The van der Waals surface area contributed by atoms with Gasteiger partial charge in [0.25, 0.3) is 11.6 Å². The van der Waals surface area contributed by atoms with Crippen LogP contribution in [0.15, 0.2) is 36.4 Å². The second kappa shape index (κ2) is 7.51. The fourth-order valence-corrected chi connectivity index (χ4v) is 2.73. The van der Waals surface area contributed by atoms with Crippen LogP contribution in [0.25, 0.3) is 0 Å². The van der Waals surface area contributed by atoms with Gasteiger partial charge >= 0.3 is 0 Å². The number of anilines is 1. The van der Waals surface area contributed by atoms with E-state index in [4.69, 9.17) is 23.2 Å². The van der Waals surface area contributed by atoms with E-state index < -0.39 is 10.8 Å². The largest absolute Gasteiger partial charge is 0.373 e. The summed E-state index contributed by atoms with van der Waals surface area (Å²) < 4.78 is 0. The molecule has 0 bridgehead atoms. The zero-order valence-electron chi connectivity index (χ0n) is 13.0. The lowest BCUT2D eigenvalue weighted by Gasteiger charge is -2.18. The van der Waals surface area contributed by atoms with Gasteiger partial charge < -0.3 is 10.6 Å². The van der Waals surface area contributed by atoms with Crippen molar-refractivity contribution in [1.82, 2.24) is 5.32 Å². The van der Waals surface area contributed by atoms with Crippen molar-refractivity contribution in [3.05, 3.63) is 67.7 Å². The van der Waals surface area contributed by atoms with E-state index in [-0.39, 0.29) is 23.0 Å². The molecule has 2 aromatic rings. The van der Waals surface area contributed by atoms with Crippen molar-refractivity contribution >= 4 is 40.5 Å². The van der Waals surface area contributed by atoms with Crippen LogP contribution >= 0.6 is 23.2 Å². The molecule has 2 N–H and O–H groups in total. The first kappa shape index (κ1) is 18.0. The Hall–Kier alpha value is -2.31. The molecule has 1 unspecified atom stereocenters. The number of carbonyl (C=O) groups excluding carboxylic acids is 1. The van der Waals surface area contributed by atoms with Crippen molar-refractivity contribution in [3.8, 4) is 0 Å². The lowest BCUT2D eigenvalue weighted by Crippen LogP contribution is -2.18. The summed E-state index contributed by atoms with van der Waals surface area (Å²) in [5.74, 6) is -0.393. The second-order valence-corrected chi connectivity index (χ2v) is 5.86. The summed E-state index contributed by atoms with van der Waals surface area (Å²) >= 11 is 12.2. The molecule has 2 rings (SSSR count). The first-order chi connectivity index (χ1) is 11.3. The molecule has 126 valence electrons. The Bertz CT molecular complexity index is 796. The van der Waals surface area contributed by atoms with E-state index in [9.17, 15) is 14.9 Å². The van der Waals surface area contributed by atoms with Gasteiger partial charge in [-0.25, -0.2) is 0 Å². The van der Waals surface area contributed by atoms with Gasteiger partial charge in [-0.1, -0.05) is 35.3 Å². The van der Waals surface area contributed by atoms with Gasteiger partial charge in [0.2, 0.25) is 0 Å². The minimum absolute atomic E-state index is 0.193. The van der Waals surface area contributed by atoms with Gasteiger partial charge in [0, 0.05) is 18.7 Å². The van der Waals surface area contributed by atoms with Crippen LogP contribution in [0.4, 0.5) is 11.4 Å². The third-order valence-corrected chi connectivity index (χ3v) is 4.34. The highest BCUT2D eigenvalue weighted by atomic mass is 35.5. The molecule has 0 spiro atoms. The number of nitrogens with zero attached hydrogens (tertiary/aromatic N) is 1. The molecular weight excluding hydrogens is 353 g/mol. The molecule has 1 atom stereocenters. The minimum atomic E-state index is -0.541. The van der Waals surface area contributed by atoms with Crippen molar-refractivity contribution in [3.63, 3.8) is 0 Å². The standard InChI is InChI=1S/C16H15Cl2N3O3/c1-9(11-4-3-5-12(17)15(11)18)20-13-7-6-10(16(22)19-2)8-14(13)21(23)24/h3-9,20H,1-2H3,(H,19,22). The average Bonchev–Trinajstić information content (AvgIpc) is 2.56. The Morgan fingerprint density at radius 1 is 1.25 bits per heavy atom. The average molecular weight is 368 g/mol. The van der Waals surface area contributed by atoms with Crippen LogP contribution in [0.1, 0.15) is 28.9 Å². The van der Waals surface area contributed by atoms with Gasteiger partial charge in [-0.3, -0.25) is 14.9 Å². The van der Waals surface area contributed by atoms with E-state index in [0.717, 1.165) is 0 Å². The van der Waals surface area contributed by atoms with Gasteiger partial charge in [-0.15, -0.1) is 0 Å². The maximum absolute atomic E-state index is 11.6. The summed E-state index contributed by atoms with van der Waals surface area (Å²) in [6, 6.07) is 9.13. The van der Waals surface area contributed by atoms with E-state index in [0.29, 0.717) is 15.6 Å². The number of amides is 1. The number of rotatable bonds is 5. The highest BCUT2D eigenvalue weighted by Crippen LogP contribution is 2.34. The van der Waals surface area contributed by atoms with Crippen molar-refractivity contribution in [2.45, 2.75) is 13.0 Å². The van der Waals surface area contributed by atoms with E-state index in [1.807, 2.05) is 6.92 Å². The van der Waals surface area contributed by atoms with Crippen LogP contribution in [0.3, 0.4) is 0 Å². The zero-order chi connectivity index (χ0) is 17.9. The second-order valence-electron chi connectivity index (χ2n) is 5.08. The molecule has 1 amide bonds. The van der Waals surface area contributed by atoms with Crippen LogP contribution in [-0.4, -0.2) is 17.9 Å². The Balaban J connectivity index is 2.36. The minimum Gasteiger partial charge on any atom is -0.373 e. The molecule has 0 saturated carbocycles. The Morgan fingerprint density at radius 3 is 2.58 bits per heavy atom. The lowest BCUT2D eigenvalue weighted by atomic mass is 10.1. The molecule has 6 nitrogen and oxygen atoms in total. The van der Waals surface area contributed by atoms with Gasteiger partial charge in [0.15, 0.2) is 0 Å². The van der Waals surface area contributed by atoms with Crippen LogP contribution in [-0.2, 0) is 0 Å². The van der Waals surface area contributed by atoms with Crippen LogP contribution < -0.4 is 10.6 Å². The zero-order valence-corrected chi connectivity index (χ0v) is 14.5. The molecule has 0 saturated heterocycles. The smallest absolute Gasteiger partial charge is 0.293 e. The normalized spacial score (nSPS) is 11.7. The number of hydrogen-bond acceptors (Lipinski definition) is 4. The number of halogens is 2. The Labute approximate surface area is 148 Å². The van der Waals surface area contributed by atoms with Gasteiger partial charge in [0.05, 0.1) is 21.0 Å². The van der Waals surface area contributed by atoms with E-state index in [1.165, 1.54) is 25.2 Å². The molecule has 24 heavy (non-hydrogen) atoms. The van der Waals surface area contributed by atoms with Crippen LogP contribution in [0, 0.1) is 10.1 Å². The monoisotopic (exact) mass is 367 g/mol.